The van der Waals surface area contributed by atoms with Crippen molar-refractivity contribution in [3.63, 3.8) is 0 Å². The smallest absolute Gasteiger partial charge is 0.313 e. The van der Waals surface area contributed by atoms with Crippen LogP contribution in [0.4, 0.5) is 5.69 Å². The van der Waals surface area contributed by atoms with Gasteiger partial charge in [0.05, 0.1) is 0 Å². The predicted molar refractivity (Wildman–Crippen MR) is 73.2 cm³/mol. The lowest BCUT2D eigenvalue weighted by Gasteiger charge is -2.08. The molecule has 2 N–H and O–H groups in total. The zero-order valence-electron chi connectivity index (χ0n) is 9.93. The van der Waals surface area contributed by atoms with E-state index < -0.39 is 11.8 Å². The highest BCUT2D eigenvalue weighted by Crippen LogP contribution is 2.19. The van der Waals surface area contributed by atoms with Crippen LogP contribution in [0.3, 0.4) is 0 Å². The van der Waals surface area contributed by atoms with Gasteiger partial charge in [-0.1, -0.05) is 17.7 Å². The molecule has 98 valence electrons. The molecule has 0 saturated heterocycles. The summed E-state index contributed by atoms with van der Waals surface area (Å²) in [5.74, 6) is -0.954. The van der Waals surface area contributed by atoms with Crippen LogP contribution in [0.1, 0.15) is 12.0 Å². The lowest BCUT2D eigenvalue weighted by atomic mass is 10.2. The Hall–Kier alpha value is -1.26. The minimum atomic E-state index is -0.713. The highest BCUT2D eigenvalue weighted by Gasteiger charge is 2.13. The quantitative estimate of drug-likeness (QED) is 0.508. The molecule has 0 aliphatic rings. The lowest BCUT2D eigenvalue weighted by Crippen LogP contribution is -2.36. The van der Waals surface area contributed by atoms with Crippen molar-refractivity contribution in [2.45, 2.75) is 13.3 Å². The van der Waals surface area contributed by atoms with E-state index in [-0.39, 0.29) is 0 Å². The van der Waals surface area contributed by atoms with Crippen molar-refractivity contribution in [1.82, 2.24) is 5.32 Å². The number of halogens is 2. The van der Waals surface area contributed by atoms with E-state index in [9.17, 15) is 9.59 Å². The number of hydrogen-bond donors (Lipinski definition) is 2. The zero-order chi connectivity index (χ0) is 13.5. The van der Waals surface area contributed by atoms with E-state index in [0.29, 0.717) is 29.6 Å². The molecule has 0 atom stereocenters. The molecule has 0 saturated carbocycles. The Morgan fingerprint density at radius 3 is 2.67 bits per heavy atom. The van der Waals surface area contributed by atoms with Gasteiger partial charge in [0.25, 0.3) is 0 Å². The van der Waals surface area contributed by atoms with Crippen molar-refractivity contribution < 1.29 is 9.59 Å². The molecule has 0 aliphatic carbocycles. The highest BCUT2D eigenvalue weighted by atomic mass is 35.5. The van der Waals surface area contributed by atoms with Gasteiger partial charge in [0, 0.05) is 23.1 Å². The number of hydrogen-bond acceptors (Lipinski definition) is 2. The van der Waals surface area contributed by atoms with Crippen LogP contribution >= 0.6 is 23.2 Å². The van der Waals surface area contributed by atoms with Crippen molar-refractivity contribution >= 4 is 40.7 Å². The van der Waals surface area contributed by atoms with Crippen LogP contribution in [-0.4, -0.2) is 24.2 Å². The van der Waals surface area contributed by atoms with Crippen LogP contribution in [0.2, 0.25) is 5.02 Å². The summed E-state index contributed by atoms with van der Waals surface area (Å²) in [5.41, 5.74) is 1.36. The number of rotatable bonds is 4. The molecule has 0 aliphatic heterocycles. The molecule has 0 spiro atoms. The Labute approximate surface area is 116 Å². The Morgan fingerprint density at radius 1 is 1.28 bits per heavy atom. The fourth-order valence-corrected chi connectivity index (χ4v) is 1.56. The Balaban J connectivity index is 2.58. The SMILES string of the molecule is Cc1ccc(Cl)cc1NC(=O)C(=O)NCCCCl. The van der Waals surface area contributed by atoms with Gasteiger partial charge in [-0.05, 0) is 31.0 Å². The minimum absolute atomic E-state index is 0.379. The molecule has 18 heavy (non-hydrogen) atoms. The number of carbonyl (C=O) groups excluding carboxylic acids is 2. The fourth-order valence-electron chi connectivity index (χ4n) is 1.26. The van der Waals surface area contributed by atoms with E-state index in [4.69, 9.17) is 23.2 Å². The van der Waals surface area contributed by atoms with Crippen molar-refractivity contribution in [1.29, 1.82) is 0 Å². The van der Waals surface area contributed by atoms with E-state index in [2.05, 4.69) is 10.6 Å². The molecule has 2 amide bonds. The van der Waals surface area contributed by atoms with Crippen LogP contribution in [0.15, 0.2) is 18.2 Å². The number of nitrogens with one attached hydrogen (secondary N) is 2. The number of amides is 2. The Kier molecular flexibility index (Phi) is 5.95. The molecular weight excluding hydrogens is 275 g/mol. The van der Waals surface area contributed by atoms with Crippen molar-refractivity contribution in [2.24, 2.45) is 0 Å². The van der Waals surface area contributed by atoms with Gasteiger partial charge in [0.1, 0.15) is 0 Å². The van der Waals surface area contributed by atoms with Gasteiger partial charge in [-0.15, -0.1) is 11.6 Å². The van der Waals surface area contributed by atoms with Crippen molar-refractivity contribution in [3.8, 4) is 0 Å². The third-order valence-electron chi connectivity index (χ3n) is 2.25. The summed E-state index contributed by atoms with van der Waals surface area (Å²) < 4.78 is 0. The number of aryl methyl sites for hydroxylation is 1. The van der Waals surface area contributed by atoms with Gasteiger partial charge in [-0.3, -0.25) is 9.59 Å². The van der Waals surface area contributed by atoms with Crippen molar-refractivity contribution in [2.75, 3.05) is 17.7 Å². The molecule has 0 bridgehead atoms. The first-order valence-electron chi connectivity index (χ1n) is 5.46. The fraction of sp³-hybridized carbons (Fsp3) is 0.333. The predicted octanol–water partition coefficient (Wildman–Crippen LogP) is 2.33. The van der Waals surface area contributed by atoms with Crippen LogP contribution in [-0.2, 0) is 9.59 Å². The van der Waals surface area contributed by atoms with Gasteiger partial charge >= 0.3 is 11.8 Å². The van der Waals surface area contributed by atoms with Gasteiger partial charge in [0.2, 0.25) is 0 Å². The van der Waals surface area contributed by atoms with Gasteiger partial charge in [0.15, 0.2) is 0 Å². The largest absolute Gasteiger partial charge is 0.348 e. The van der Waals surface area contributed by atoms with Crippen LogP contribution in [0.5, 0.6) is 0 Å². The highest BCUT2D eigenvalue weighted by molar-refractivity contribution is 6.40. The second-order valence-corrected chi connectivity index (χ2v) is 4.53. The summed E-state index contributed by atoms with van der Waals surface area (Å²) in [6.45, 7) is 2.20. The second-order valence-electron chi connectivity index (χ2n) is 3.71. The molecule has 0 aromatic heterocycles. The third kappa shape index (κ3) is 4.55. The lowest BCUT2D eigenvalue weighted by molar-refractivity contribution is -0.136. The van der Waals surface area contributed by atoms with E-state index >= 15 is 0 Å². The molecule has 4 nitrogen and oxygen atoms in total. The monoisotopic (exact) mass is 288 g/mol. The first-order valence-corrected chi connectivity index (χ1v) is 6.37. The molecule has 6 heteroatoms. The normalized spacial score (nSPS) is 9.94. The number of benzene rings is 1. The van der Waals surface area contributed by atoms with Crippen molar-refractivity contribution in [3.05, 3.63) is 28.8 Å². The summed E-state index contributed by atoms with van der Waals surface area (Å²) in [4.78, 5) is 23.0. The molecule has 1 rings (SSSR count). The topological polar surface area (TPSA) is 58.2 Å². The number of anilines is 1. The van der Waals surface area contributed by atoms with E-state index in [0.717, 1.165) is 5.56 Å². The summed E-state index contributed by atoms with van der Waals surface area (Å²) in [6, 6.07) is 5.08. The molecule has 0 heterocycles. The van der Waals surface area contributed by atoms with E-state index in [1.54, 1.807) is 18.2 Å². The maximum Gasteiger partial charge on any atom is 0.313 e. The summed E-state index contributed by atoms with van der Waals surface area (Å²) >= 11 is 11.3. The molecule has 1 aromatic carbocycles. The Bertz CT molecular complexity index is 450. The van der Waals surface area contributed by atoms with Gasteiger partial charge in [-0.2, -0.15) is 0 Å². The molecular formula is C12H14Cl2N2O2. The average molecular weight is 289 g/mol. The summed E-state index contributed by atoms with van der Waals surface area (Å²) in [6.07, 6.45) is 0.622. The van der Waals surface area contributed by atoms with E-state index in [1.807, 2.05) is 6.92 Å². The third-order valence-corrected chi connectivity index (χ3v) is 2.75. The van der Waals surface area contributed by atoms with Crippen LogP contribution in [0, 0.1) is 6.92 Å². The van der Waals surface area contributed by atoms with Crippen LogP contribution < -0.4 is 10.6 Å². The molecule has 1 aromatic rings. The Morgan fingerprint density at radius 2 is 2.00 bits per heavy atom. The summed E-state index contributed by atoms with van der Waals surface area (Å²) in [5, 5.41) is 5.48. The van der Waals surface area contributed by atoms with E-state index in [1.165, 1.54) is 0 Å². The molecule has 0 unspecified atom stereocenters. The number of alkyl halides is 1. The molecule has 0 fully saturated rings. The standard InChI is InChI=1S/C12H14Cl2N2O2/c1-8-3-4-9(14)7-10(8)16-12(18)11(17)15-6-2-5-13/h3-4,7H,2,5-6H2,1H3,(H,15,17)(H,16,18). The zero-order valence-corrected chi connectivity index (χ0v) is 11.4. The second kappa shape index (κ2) is 7.24. The average Bonchev–Trinajstić information content (AvgIpc) is 2.34. The minimum Gasteiger partial charge on any atom is -0.348 e. The number of carbonyl (C=O) groups is 2. The molecule has 0 radical (unpaired) electrons. The maximum atomic E-state index is 11.6. The summed E-state index contributed by atoms with van der Waals surface area (Å²) in [7, 11) is 0. The van der Waals surface area contributed by atoms with Gasteiger partial charge in [-0.25, -0.2) is 0 Å². The van der Waals surface area contributed by atoms with Crippen LogP contribution in [0.25, 0.3) is 0 Å². The maximum absolute atomic E-state index is 11.6. The first-order chi connectivity index (χ1) is 8.54. The first kappa shape index (κ1) is 14.8. The van der Waals surface area contributed by atoms with Gasteiger partial charge < -0.3 is 10.6 Å².